The zero-order valence-corrected chi connectivity index (χ0v) is 11.7. The number of hydrogen-bond acceptors (Lipinski definition) is 4. The van der Waals surface area contributed by atoms with Crippen LogP contribution in [0.3, 0.4) is 0 Å². The van der Waals surface area contributed by atoms with Gasteiger partial charge < -0.3 is 15.2 Å². The third-order valence-corrected chi connectivity index (χ3v) is 5.05. The summed E-state index contributed by atoms with van der Waals surface area (Å²) in [5, 5.41) is 13.3. The average Bonchev–Trinajstić information content (AvgIpc) is 3.04. The predicted octanol–water partition coefficient (Wildman–Crippen LogP) is 2.04. The van der Waals surface area contributed by atoms with Crippen LogP contribution >= 0.6 is 0 Å². The molecule has 0 aliphatic carbocycles. The van der Waals surface area contributed by atoms with Gasteiger partial charge in [0.05, 0.1) is 6.04 Å². The lowest BCUT2D eigenvalue weighted by Gasteiger charge is -2.33. The number of phenolic OH excluding ortho intramolecular Hbond substituents is 1. The second-order valence-corrected chi connectivity index (χ2v) is 6.25. The van der Waals surface area contributed by atoms with E-state index in [1.807, 2.05) is 6.07 Å². The lowest BCUT2D eigenvalue weighted by atomic mass is 9.97. The molecule has 3 aliphatic heterocycles. The Hall–Kier alpha value is -1.26. The van der Waals surface area contributed by atoms with Gasteiger partial charge in [0.25, 0.3) is 0 Å². The SMILES string of the molecule is Oc1ccc2c(c1)OCC2NC1CCN2CCCCC12. The summed E-state index contributed by atoms with van der Waals surface area (Å²) in [4.78, 5) is 2.65. The Morgan fingerprint density at radius 1 is 1.20 bits per heavy atom. The number of aromatic hydroxyl groups is 1. The first-order valence-corrected chi connectivity index (χ1v) is 7.77. The van der Waals surface area contributed by atoms with Gasteiger partial charge in [-0.25, -0.2) is 0 Å². The lowest BCUT2D eigenvalue weighted by molar-refractivity contribution is 0.173. The van der Waals surface area contributed by atoms with Crippen LogP contribution in [0.5, 0.6) is 11.5 Å². The molecule has 4 nitrogen and oxygen atoms in total. The number of hydrogen-bond donors (Lipinski definition) is 2. The van der Waals surface area contributed by atoms with Crippen molar-refractivity contribution in [3.05, 3.63) is 23.8 Å². The van der Waals surface area contributed by atoms with Crippen molar-refractivity contribution in [1.29, 1.82) is 0 Å². The van der Waals surface area contributed by atoms with Crippen LogP contribution in [-0.2, 0) is 0 Å². The van der Waals surface area contributed by atoms with Gasteiger partial charge >= 0.3 is 0 Å². The highest BCUT2D eigenvalue weighted by atomic mass is 16.5. The minimum Gasteiger partial charge on any atom is -0.508 e. The molecule has 1 aromatic rings. The van der Waals surface area contributed by atoms with Crippen LogP contribution in [-0.4, -0.2) is 41.8 Å². The minimum atomic E-state index is 0.275. The Balaban J connectivity index is 1.48. The Kier molecular flexibility index (Phi) is 3.08. The van der Waals surface area contributed by atoms with E-state index in [1.54, 1.807) is 12.1 Å². The Morgan fingerprint density at radius 2 is 2.15 bits per heavy atom. The quantitative estimate of drug-likeness (QED) is 0.866. The van der Waals surface area contributed by atoms with E-state index >= 15 is 0 Å². The largest absolute Gasteiger partial charge is 0.508 e. The maximum atomic E-state index is 9.51. The van der Waals surface area contributed by atoms with Gasteiger partial charge in [-0.3, -0.25) is 4.90 Å². The molecule has 3 heterocycles. The highest BCUT2D eigenvalue weighted by Gasteiger charge is 2.37. The molecule has 2 fully saturated rings. The number of piperidine rings is 1. The lowest BCUT2D eigenvalue weighted by Crippen LogP contribution is -2.46. The summed E-state index contributed by atoms with van der Waals surface area (Å²) in [6.45, 7) is 3.19. The fourth-order valence-corrected chi connectivity index (χ4v) is 4.04. The first-order chi connectivity index (χ1) is 9.81. The minimum absolute atomic E-state index is 0.275. The van der Waals surface area contributed by atoms with Crippen molar-refractivity contribution in [3.8, 4) is 11.5 Å². The smallest absolute Gasteiger partial charge is 0.127 e. The summed E-state index contributed by atoms with van der Waals surface area (Å²) >= 11 is 0. The van der Waals surface area contributed by atoms with Gasteiger partial charge in [-0.2, -0.15) is 0 Å². The van der Waals surface area contributed by atoms with Crippen LogP contribution in [0.1, 0.15) is 37.3 Å². The summed E-state index contributed by atoms with van der Waals surface area (Å²) < 4.78 is 5.70. The van der Waals surface area contributed by atoms with Crippen LogP contribution in [0, 0.1) is 0 Å². The number of nitrogens with zero attached hydrogens (tertiary/aromatic N) is 1. The number of fused-ring (bicyclic) bond motifs is 2. The molecule has 2 saturated heterocycles. The molecule has 3 unspecified atom stereocenters. The average molecular weight is 274 g/mol. The number of benzene rings is 1. The van der Waals surface area contributed by atoms with E-state index in [9.17, 15) is 5.11 Å². The van der Waals surface area contributed by atoms with Gasteiger partial charge in [-0.1, -0.05) is 6.42 Å². The fraction of sp³-hybridized carbons (Fsp3) is 0.625. The number of rotatable bonds is 2. The van der Waals surface area contributed by atoms with Crippen LogP contribution in [0.25, 0.3) is 0 Å². The highest BCUT2D eigenvalue weighted by Crippen LogP contribution is 2.36. The van der Waals surface area contributed by atoms with E-state index in [4.69, 9.17) is 4.74 Å². The zero-order chi connectivity index (χ0) is 13.5. The van der Waals surface area contributed by atoms with E-state index in [-0.39, 0.29) is 11.8 Å². The van der Waals surface area contributed by atoms with Gasteiger partial charge in [0.1, 0.15) is 18.1 Å². The van der Waals surface area contributed by atoms with E-state index in [0.717, 1.165) is 5.75 Å². The van der Waals surface area contributed by atoms with E-state index < -0.39 is 0 Å². The Labute approximate surface area is 119 Å². The summed E-state index contributed by atoms with van der Waals surface area (Å²) in [5.74, 6) is 1.12. The van der Waals surface area contributed by atoms with Crippen molar-refractivity contribution in [2.75, 3.05) is 19.7 Å². The second-order valence-electron chi connectivity index (χ2n) is 6.25. The molecule has 0 aromatic heterocycles. The van der Waals surface area contributed by atoms with Gasteiger partial charge in [-0.15, -0.1) is 0 Å². The molecule has 4 rings (SSSR count). The maximum absolute atomic E-state index is 9.51. The van der Waals surface area contributed by atoms with Crippen molar-refractivity contribution >= 4 is 0 Å². The summed E-state index contributed by atoms with van der Waals surface area (Å²) in [5.41, 5.74) is 1.19. The molecule has 108 valence electrons. The van der Waals surface area contributed by atoms with Crippen molar-refractivity contribution < 1.29 is 9.84 Å². The first kappa shape index (κ1) is 12.5. The van der Waals surface area contributed by atoms with Gasteiger partial charge in [0.15, 0.2) is 0 Å². The van der Waals surface area contributed by atoms with Crippen molar-refractivity contribution in [2.24, 2.45) is 0 Å². The van der Waals surface area contributed by atoms with E-state index in [2.05, 4.69) is 10.2 Å². The fourth-order valence-electron chi connectivity index (χ4n) is 4.04. The van der Waals surface area contributed by atoms with Gasteiger partial charge in [-0.05, 0) is 37.9 Å². The zero-order valence-electron chi connectivity index (χ0n) is 11.7. The van der Waals surface area contributed by atoms with Crippen LogP contribution in [0.15, 0.2) is 18.2 Å². The highest BCUT2D eigenvalue weighted by molar-refractivity contribution is 5.44. The maximum Gasteiger partial charge on any atom is 0.127 e. The van der Waals surface area contributed by atoms with Crippen molar-refractivity contribution in [3.63, 3.8) is 0 Å². The van der Waals surface area contributed by atoms with Crippen molar-refractivity contribution in [1.82, 2.24) is 10.2 Å². The molecule has 0 bridgehead atoms. The Bertz CT molecular complexity index is 505. The van der Waals surface area contributed by atoms with Crippen LogP contribution in [0.2, 0.25) is 0 Å². The van der Waals surface area contributed by atoms with Crippen molar-refractivity contribution in [2.45, 2.75) is 43.8 Å². The normalized spacial score (nSPS) is 32.7. The third-order valence-electron chi connectivity index (χ3n) is 5.05. The number of ether oxygens (including phenoxy) is 1. The van der Waals surface area contributed by atoms with Crippen LogP contribution in [0.4, 0.5) is 0 Å². The third kappa shape index (κ3) is 2.07. The molecule has 2 N–H and O–H groups in total. The predicted molar refractivity (Wildman–Crippen MR) is 77.1 cm³/mol. The molecular formula is C16H22N2O2. The molecule has 0 spiro atoms. The molecule has 0 amide bonds. The number of phenols is 1. The molecular weight excluding hydrogens is 252 g/mol. The molecule has 4 heteroatoms. The summed E-state index contributed by atoms with van der Waals surface area (Å²) in [7, 11) is 0. The van der Waals surface area contributed by atoms with Gasteiger partial charge in [0, 0.05) is 30.3 Å². The van der Waals surface area contributed by atoms with Crippen LogP contribution < -0.4 is 10.1 Å². The molecule has 1 aromatic carbocycles. The molecule has 3 aliphatic rings. The monoisotopic (exact) mass is 274 g/mol. The summed E-state index contributed by atoms with van der Waals surface area (Å²) in [6, 6.07) is 7.04. The second kappa shape index (κ2) is 4.93. The molecule has 0 saturated carbocycles. The molecule has 20 heavy (non-hydrogen) atoms. The molecule has 3 atom stereocenters. The van der Waals surface area contributed by atoms with E-state index in [1.165, 1.54) is 44.3 Å². The van der Waals surface area contributed by atoms with Gasteiger partial charge in [0.2, 0.25) is 0 Å². The number of nitrogens with one attached hydrogen (secondary N) is 1. The van der Waals surface area contributed by atoms with E-state index in [0.29, 0.717) is 18.7 Å². The first-order valence-electron chi connectivity index (χ1n) is 7.77. The topological polar surface area (TPSA) is 44.7 Å². The summed E-state index contributed by atoms with van der Waals surface area (Å²) in [6.07, 6.45) is 5.30. The molecule has 0 radical (unpaired) electrons. The Morgan fingerprint density at radius 3 is 3.10 bits per heavy atom. The standard InChI is InChI=1S/C16H22N2O2/c19-11-4-5-12-14(10-20-16(12)9-11)17-13-6-8-18-7-2-1-3-15(13)18/h4-5,9,13-15,17,19H,1-3,6-8,10H2.